The van der Waals surface area contributed by atoms with Gasteiger partial charge in [0.25, 0.3) is 10.0 Å². The largest absolute Gasteiger partial charge is 0.496 e. The second kappa shape index (κ2) is 7.16. The highest BCUT2D eigenvalue weighted by Gasteiger charge is 2.24. The number of rotatable bonds is 6. The second-order valence-corrected chi connectivity index (χ2v) is 8.02. The Balaban J connectivity index is 2.10. The number of nitrogens with one attached hydrogen (secondary N) is 1. The molecule has 1 heterocycles. The van der Waals surface area contributed by atoms with Crippen molar-refractivity contribution in [2.24, 2.45) is 0 Å². The first-order valence-corrected chi connectivity index (χ1v) is 10.00. The van der Waals surface area contributed by atoms with E-state index in [1.165, 1.54) is 14.2 Å². The minimum atomic E-state index is -3.95. The Kier molecular flexibility index (Phi) is 5.10. The molecule has 26 heavy (non-hydrogen) atoms. The maximum atomic E-state index is 12.9. The summed E-state index contributed by atoms with van der Waals surface area (Å²) in [5, 5.41) is 4.28. The van der Waals surface area contributed by atoms with E-state index in [0.29, 0.717) is 23.1 Å². The lowest BCUT2D eigenvalue weighted by atomic mass is 10.2. The van der Waals surface area contributed by atoms with Gasteiger partial charge in [0.05, 0.1) is 14.2 Å². The topological polar surface area (TPSA) is 90.7 Å². The summed E-state index contributed by atoms with van der Waals surface area (Å²) in [5.74, 6) is 0.730. The highest BCUT2D eigenvalue weighted by Crippen LogP contribution is 2.36. The molecule has 0 aliphatic carbocycles. The number of nitrogens with zero attached hydrogens (tertiary/aromatic N) is 1. The van der Waals surface area contributed by atoms with Crippen LogP contribution >= 0.6 is 15.9 Å². The molecule has 2 aromatic carbocycles. The van der Waals surface area contributed by atoms with E-state index in [9.17, 15) is 8.42 Å². The molecule has 7 nitrogen and oxygen atoms in total. The fourth-order valence-corrected chi connectivity index (χ4v) is 4.21. The van der Waals surface area contributed by atoms with Crippen LogP contribution in [-0.4, -0.2) is 27.8 Å². The van der Waals surface area contributed by atoms with Gasteiger partial charge >= 0.3 is 0 Å². The third-order valence-corrected chi connectivity index (χ3v) is 5.70. The number of aryl methyl sites for hydroxylation is 1. The maximum absolute atomic E-state index is 12.9. The molecule has 0 unspecified atom stereocenters. The van der Waals surface area contributed by atoms with Crippen LogP contribution in [0.1, 0.15) is 12.5 Å². The molecule has 138 valence electrons. The number of anilines is 1. The number of sulfonamides is 1. The molecule has 1 aromatic heterocycles. The Morgan fingerprint density at radius 3 is 2.54 bits per heavy atom. The van der Waals surface area contributed by atoms with Gasteiger partial charge in [0.1, 0.15) is 21.8 Å². The van der Waals surface area contributed by atoms with E-state index in [2.05, 4.69) is 25.8 Å². The van der Waals surface area contributed by atoms with Gasteiger partial charge in [0.15, 0.2) is 11.4 Å². The molecule has 0 amide bonds. The van der Waals surface area contributed by atoms with E-state index < -0.39 is 10.0 Å². The predicted octanol–water partition coefficient (Wildman–Crippen LogP) is 3.97. The standard InChI is InChI=1S/C17H17BrN2O5S/c1-4-10-5-6-12(23-2)15(7-10)26(21,22)20-17-16-13(24-3)8-11(18)9-14(16)25-19-17/h5-9H,4H2,1-3H3,(H,19,20). The number of methoxy groups -OCH3 is 2. The van der Waals surface area contributed by atoms with Crippen LogP contribution in [0.5, 0.6) is 11.5 Å². The SMILES string of the molecule is CCc1ccc(OC)c(S(=O)(=O)Nc2noc3cc(Br)cc(OC)c23)c1. The summed E-state index contributed by atoms with van der Waals surface area (Å²) in [5.41, 5.74) is 1.26. The Morgan fingerprint density at radius 1 is 1.15 bits per heavy atom. The van der Waals surface area contributed by atoms with Crippen LogP contribution in [0.25, 0.3) is 11.0 Å². The van der Waals surface area contributed by atoms with Gasteiger partial charge in [-0.15, -0.1) is 0 Å². The van der Waals surface area contributed by atoms with Crippen molar-refractivity contribution in [1.82, 2.24) is 5.16 Å². The molecule has 0 aliphatic rings. The Bertz CT molecular complexity index is 1060. The highest BCUT2D eigenvalue weighted by atomic mass is 79.9. The van der Waals surface area contributed by atoms with Gasteiger partial charge in [-0.2, -0.15) is 0 Å². The average molecular weight is 441 g/mol. The van der Waals surface area contributed by atoms with Crippen LogP contribution in [-0.2, 0) is 16.4 Å². The first-order chi connectivity index (χ1) is 12.4. The van der Waals surface area contributed by atoms with Gasteiger partial charge < -0.3 is 14.0 Å². The predicted molar refractivity (Wildman–Crippen MR) is 101 cm³/mol. The lowest BCUT2D eigenvalue weighted by molar-refractivity contribution is 0.402. The third kappa shape index (κ3) is 3.36. The lowest BCUT2D eigenvalue weighted by Crippen LogP contribution is -2.15. The molecular formula is C17H17BrN2O5S. The molecule has 0 radical (unpaired) electrons. The molecule has 9 heteroatoms. The van der Waals surface area contributed by atoms with Crippen LogP contribution < -0.4 is 14.2 Å². The summed E-state index contributed by atoms with van der Waals surface area (Å²) < 4.78 is 44.8. The van der Waals surface area contributed by atoms with E-state index in [4.69, 9.17) is 14.0 Å². The third-order valence-electron chi connectivity index (χ3n) is 3.88. The molecule has 3 aromatic rings. The van der Waals surface area contributed by atoms with Gasteiger partial charge in [-0.3, -0.25) is 4.72 Å². The summed E-state index contributed by atoms with van der Waals surface area (Å²) in [6, 6.07) is 8.42. The number of ether oxygens (including phenoxy) is 2. The molecular weight excluding hydrogens is 424 g/mol. The van der Waals surface area contributed by atoms with Crippen LogP contribution in [0, 0.1) is 0 Å². The minimum absolute atomic E-state index is 0.0339. The number of benzene rings is 2. The quantitative estimate of drug-likeness (QED) is 0.623. The molecule has 0 aliphatic heterocycles. The minimum Gasteiger partial charge on any atom is -0.496 e. The summed E-state index contributed by atoms with van der Waals surface area (Å²) in [6.45, 7) is 1.94. The van der Waals surface area contributed by atoms with E-state index in [0.717, 1.165) is 10.0 Å². The summed E-state index contributed by atoms with van der Waals surface area (Å²) in [6.07, 6.45) is 0.696. The van der Waals surface area contributed by atoms with Crippen molar-refractivity contribution in [2.45, 2.75) is 18.2 Å². The smallest absolute Gasteiger partial charge is 0.266 e. The molecule has 0 fully saturated rings. The molecule has 0 spiro atoms. The van der Waals surface area contributed by atoms with Crippen LogP contribution in [0.3, 0.4) is 0 Å². The summed E-state index contributed by atoms with van der Waals surface area (Å²) >= 11 is 3.34. The van der Waals surface area contributed by atoms with Crippen molar-refractivity contribution < 1.29 is 22.4 Å². The first kappa shape index (κ1) is 18.5. The fraction of sp³-hybridized carbons (Fsp3) is 0.235. The van der Waals surface area contributed by atoms with E-state index in [-0.39, 0.29) is 16.5 Å². The zero-order chi connectivity index (χ0) is 18.9. The summed E-state index contributed by atoms with van der Waals surface area (Å²) in [7, 11) is -1.04. The van der Waals surface area contributed by atoms with Crippen LogP contribution in [0.4, 0.5) is 5.82 Å². The molecule has 0 atom stereocenters. The van der Waals surface area contributed by atoms with E-state index in [1.54, 1.807) is 24.3 Å². The van der Waals surface area contributed by atoms with Gasteiger partial charge in [-0.25, -0.2) is 8.42 Å². The number of hydrogen-bond donors (Lipinski definition) is 1. The summed E-state index contributed by atoms with van der Waals surface area (Å²) in [4.78, 5) is 0.0339. The van der Waals surface area contributed by atoms with Crippen molar-refractivity contribution in [3.8, 4) is 11.5 Å². The molecule has 0 saturated carbocycles. The van der Waals surface area contributed by atoms with E-state index in [1.807, 2.05) is 13.0 Å². The van der Waals surface area contributed by atoms with Crippen molar-refractivity contribution in [3.05, 3.63) is 40.4 Å². The second-order valence-electron chi connectivity index (χ2n) is 5.46. The normalized spacial score (nSPS) is 11.5. The lowest BCUT2D eigenvalue weighted by Gasteiger charge is -2.12. The Hall–Kier alpha value is -2.26. The molecule has 0 saturated heterocycles. The zero-order valence-electron chi connectivity index (χ0n) is 14.4. The first-order valence-electron chi connectivity index (χ1n) is 7.72. The molecule has 0 bridgehead atoms. The van der Waals surface area contributed by atoms with Gasteiger partial charge in [0.2, 0.25) is 0 Å². The van der Waals surface area contributed by atoms with Gasteiger partial charge in [-0.1, -0.05) is 34.1 Å². The Morgan fingerprint density at radius 2 is 1.88 bits per heavy atom. The van der Waals surface area contributed by atoms with Crippen molar-refractivity contribution in [1.29, 1.82) is 0 Å². The van der Waals surface area contributed by atoms with Crippen LogP contribution in [0.15, 0.2) is 44.2 Å². The van der Waals surface area contributed by atoms with Crippen LogP contribution in [0.2, 0.25) is 0 Å². The maximum Gasteiger partial charge on any atom is 0.266 e. The van der Waals surface area contributed by atoms with Crippen molar-refractivity contribution >= 4 is 42.7 Å². The molecule has 3 rings (SSSR count). The number of aromatic nitrogens is 1. The van der Waals surface area contributed by atoms with Gasteiger partial charge in [0, 0.05) is 4.47 Å². The number of fused-ring (bicyclic) bond motifs is 1. The highest BCUT2D eigenvalue weighted by molar-refractivity contribution is 9.10. The van der Waals surface area contributed by atoms with Crippen molar-refractivity contribution in [3.63, 3.8) is 0 Å². The monoisotopic (exact) mass is 440 g/mol. The Labute approximate surface area is 159 Å². The zero-order valence-corrected chi connectivity index (χ0v) is 16.8. The van der Waals surface area contributed by atoms with Crippen molar-refractivity contribution in [2.75, 3.05) is 18.9 Å². The molecule has 1 N–H and O–H groups in total. The average Bonchev–Trinajstić information content (AvgIpc) is 3.02. The fourth-order valence-electron chi connectivity index (χ4n) is 2.57. The number of hydrogen-bond acceptors (Lipinski definition) is 6. The van der Waals surface area contributed by atoms with E-state index >= 15 is 0 Å². The van der Waals surface area contributed by atoms with Gasteiger partial charge in [-0.05, 0) is 36.2 Å². The number of halogens is 1.